The van der Waals surface area contributed by atoms with Crippen LogP contribution in [0.4, 0.5) is 0 Å². The molecular weight excluding hydrogens is 214 g/mol. The zero-order chi connectivity index (χ0) is 12.1. The van der Waals surface area contributed by atoms with Crippen LogP contribution in [0.5, 0.6) is 0 Å². The van der Waals surface area contributed by atoms with E-state index >= 15 is 0 Å². The Morgan fingerprint density at radius 1 is 1.59 bits per heavy atom. The molecule has 1 saturated heterocycles. The lowest BCUT2D eigenvalue weighted by Crippen LogP contribution is -2.48. The van der Waals surface area contributed by atoms with E-state index < -0.39 is 0 Å². The average molecular weight is 233 g/mol. The number of amides is 1. The molecule has 0 aromatic carbocycles. The monoisotopic (exact) mass is 233 g/mol. The van der Waals surface area contributed by atoms with Crippen LogP contribution in [0.2, 0.25) is 0 Å². The minimum atomic E-state index is 0.0433. The summed E-state index contributed by atoms with van der Waals surface area (Å²) in [6.07, 6.45) is 3.89. The molecule has 1 aromatic heterocycles. The van der Waals surface area contributed by atoms with E-state index in [-0.39, 0.29) is 5.91 Å². The van der Waals surface area contributed by atoms with Crippen LogP contribution in [-0.4, -0.2) is 41.5 Å². The highest BCUT2D eigenvalue weighted by Crippen LogP contribution is 2.13. The normalized spacial score (nSPS) is 19.9. The van der Waals surface area contributed by atoms with Gasteiger partial charge in [-0.2, -0.15) is 0 Å². The molecule has 17 heavy (non-hydrogen) atoms. The third-order valence-corrected chi connectivity index (χ3v) is 3.20. The Bertz CT molecular complexity index is 360. The van der Waals surface area contributed by atoms with Gasteiger partial charge in [-0.1, -0.05) is 6.07 Å². The van der Waals surface area contributed by atoms with E-state index in [9.17, 15) is 4.79 Å². The molecule has 0 saturated carbocycles. The molecule has 1 aromatic rings. The first-order valence-electron chi connectivity index (χ1n) is 6.25. The SMILES string of the molecule is CCN(C(=O)c1ccccn1)C1CCCNC1. The second kappa shape index (κ2) is 5.77. The predicted molar refractivity (Wildman–Crippen MR) is 66.8 cm³/mol. The third kappa shape index (κ3) is 2.82. The van der Waals surface area contributed by atoms with Crippen molar-refractivity contribution >= 4 is 5.91 Å². The molecule has 0 radical (unpaired) electrons. The van der Waals surface area contributed by atoms with Crippen LogP contribution in [0.15, 0.2) is 24.4 Å². The lowest BCUT2D eigenvalue weighted by Gasteiger charge is -2.33. The van der Waals surface area contributed by atoms with Gasteiger partial charge < -0.3 is 10.2 Å². The number of carbonyl (C=O) groups excluding carboxylic acids is 1. The predicted octanol–water partition coefficient (Wildman–Crippen LogP) is 1.30. The Kier molecular flexibility index (Phi) is 4.09. The Hall–Kier alpha value is -1.42. The molecule has 2 rings (SSSR count). The van der Waals surface area contributed by atoms with Crippen molar-refractivity contribution in [3.8, 4) is 0 Å². The number of piperidine rings is 1. The lowest BCUT2D eigenvalue weighted by molar-refractivity contribution is 0.0656. The average Bonchev–Trinajstić information content (AvgIpc) is 2.42. The van der Waals surface area contributed by atoms with Gasteiger partial charge in [-0.05, 0) is 38.4 Å². The van der Waals surface area contributed by atoms with Crippen molar-refractivity contribution in [3.63, 3.8) is 0 Å². The van der Waals surface area contributed by atoms with Gasteiger partial charge in [0.25, 0.3) is 5.91 Å². The molecule has 1 N–H and O–H groups in total. The molecular formula is C13H19N3O. The quantitative estimate of drug-likeness (QED) is 0.855. The van der Waals surface area contributed by atoms with Gasteiger partial charge in [0.2, 0.25) is 0 Å². The maximum Gasteiger partial charge on any atom is 0.272 e. The van der Waals surface area contributed by atoms with Gasteiger partial charge in [-0.15, -0.1) is 0 Å². The van der Waals surface area contributed by atoms with E-state index in [4.69, 9.17) is 0 Å². The zero-order valence-electron chi connectivity index (χ0n) is 10.2. The summed E-state index contributed by atoms with van der Waals surface area (Å²) in [6.45, 7) is 4.72. The fourth-order valence-corrected chi connectivity index (χ4v) is 2.30. The molecule has 4 heteroatoms. The molecule has 1 aliphatic rings. The van der Waals surface area contributed by atoms with Crippen LogP contribution in [0.1, 0.15) is 30.3 Å². The molecule has 1 unspecified atom stereocenters. The number of rotatable bonds is 3. The Morgan fingerprint density at radius 2 is 2.47 bits per heavy atom. The van der Waals surface area contributed by atoms with Crippen molar-refractivity contribution < 1.29 is 4.79 Å². The number of likely N-dealkylation sites (N-methyl/N-ethyl adjacent to an activating group) is 1. The summed E-state index contributed by atoms with van der Waals surface area (Å²) < 4.78 is 0. The van der Waals surface area contributed by atoms with Gasteiger partial charge in [0, 0.05) is 25.3 Å². The summed E-state index contributed by atoms with van der Waals surface area (Å²) in [5.74, 6) is 0.0433. The van der Waals surface area contributed by atoms with Crippen molar-refractivity contribution in [2.24, 2.45) is 0 Å². The van der Waals surface area contributed by atoms with Gasteiger partial charge >= 0.3 is 0 Å². The topological polar surface area (TPSA) is 45.2 Å². The number of nitrogens with zero attached hydrogens (tertiary/aromatic N) is 2. The largest absolute Gasteiger partial charge is 0.333 e. The number of hydrogen-bond acceptors (Lipinski definition) is 3. The third-order valence-electron chi connectivity index (χ3n) is 3.20. The van der Waals surface area contributed by atoms with E-state index in [1.165, 1.54) is 0 Å². The van der Waals surface area contributed by atoms with Crippen LogP contribution >= 0.6 is 0 Å². The second-order valence-electron chi connectivity index (χ2n) is 4.31. The molecule has 1 fully saturated rings. The summed E-state index contributed by atoms with van der Waals surface area (Å²) in [4.78, 5) is 18.4. The molecule has 1 aliphatic heterocycles. The van der Waals surface area contributed by atoms with Crippen molar-refractivity contribution in [1.82, 2.24) is 15.2 Å². The summed E-state index contributed by atoms with van der Waals surface area (Å²) in [5.41, 5.74) is 0.542. The minimum Gasteiger partial charge on any atom is -0.333 e. The molecule has 0 aliphatic carbocycles. The summed E-state index contributed by atoms with van der Waals surface area (Å²) in [6, 6.07) is 5.77. The van der Waals surface area contributed by atoms with Gasteiger partial charge in [-0.3, -0.25) is 9.78 Å². The minimum absolute atomic E-state index is 0.0433. The van der Waals surface area contributed by atoms with E-state index in [1.807, 2.05) is 24.0 Å². The summed E-state index contributed by atoms with van der Waals surface area (Å²) in [7, 11) is 0. The van der Waals surface area contributed by atoms with E-state index in [2.05, 4.69) is 10.3 Å². The number of carbonyl (C=O) groups is 1. The van der Waals surface area contributed by atoms with Crippen LogP contribution < -0.4 is 5.32 Å². The highest BCUT2D eigenvalue weighted by atomic mass is 16.2. The Balaban J connectivity index is 2.09. The van der Waals surface area contributed by atoms with Crippen LogP contribution in [0.25, 0.3) is 0 Å². The first-order valence-corrected chi connectivity index (χ1v) is 6.25. The lowest BCUT2D eigenvalue weighted by atomic mass is 10.1. The van der Waals surface area contributed by atoms with Crippen molar-refractivity contribution in [1.29, 1.82) is 0 Å². The Labute approximate surface area is 102 Å². The molecule has 0 spiro atoms. The maximum atomic E-state index is 12.3. The highest BCUT2D eigenvalue weighted by molar-refractivity contribution is 5.92. The van der Waals surface area contributed by atoms with Crippen LogP contribution in [0, 0.1) is 0 Å². The molecule has 2 heterocycles. The first-order chi connectivity index (χ1) is 8.33. The van der Waals surface area contributed by atoms with E-state index in [1.54, 1.807) is 12.3 Å². The molecule has 4 nitrogen and oxygen atoms in total. The van der Waals surface area contributed by atoms with Gasteiger partial charge in [0.15, 0.2) is 0 Å². The van der Waals surface area contributed by atoms with Gasteiger partial charge in [-0.25, -0.2) is 0 Å². The number of aromatic nitrogens is 1. The first kappa shape index (κ1) is 12.0. The van der Waals surface area contributed by atoms with Crippen molar-refractivity contribution in [2.75, 3.05) is 19.6 Å². The zero-order valence-corrected chi connectivity index (χ0v) is 10.2. The van der Waals surface area contributed by atoms with Crippen molar-refractivity contribution in [3.05, 3.63) is 30.1 Å². The molecule has 1 atom stereocenters. The standard InChI is InChI=1S/C13H19N3O/c1-2-16(11-6-5-8-14-10-11)13(17)12-7-3-4-9-15-12/h3-4,7,9,11,14H,2,5-6,8,10H2,1H3. The molecule has 92 valence electrons. The highest BCUT2D eigenvalue weighted by Gasteiger charge is 2.25. The van der Waals surface area contributed by atoms with Crippen LogP contribution in [-0.2, 0) is 0 Å². The van der Waals surface area contributed by atoms with Crippen molar-refractivity contribution in [2.45, 2.75) is 25.8 Å². The summed E-state index contributed by atoms with van der Waals surface area (Å²) >= 11 is 0. The van der Waals surface area contributed by atoms with Crippen LogP contribution in [0.3, 0.4) is 0 Å². The Morgan fingerprint density at radius 3 is 3.06 bits per heavy atom. The molecule has 1 amide bonds. The summed E-state index contributed by atoms with van der Waals surface area (Å²) in [5, 5.41) is 3.34. The van der Waals surface area contributed by atoms with E-state index in [0.29, 0.717) is 11.7 Å². The fourth-order valence-electron chi connectivity index (χ4n) is 2.30. The number of pyridine rings is 1. The smallest absolute Gasteiger partial charge is 0.272 e. The number of hydrogen-bond donors (Lipinski definition) is 1. The number of nitrogens with one attached hydrogen (secondary N) is 1. The van der Waals surface area contributed by atoms with E-state index in [0.717, 1.165) is 32.5 Å². The van der Waals surface area contributed by atoms with Gasteiger partial charge in [0.05, 0.1) is 0 Å². The molecule has 0 bridgehead atoms. The maximum absolute atomic E-state index is 12.3. The fraction of sp³-hybridized carbons (Fsp3) is 0.538. The second-order valence-corrected chi connectivity index (χ2v) is 4.31. The van der Waals surface area contributed by atoms with Gasteiger partial charge in [0.1, 0.15) is 5.69 Å².